The van der Waals surface area contributed by atoms with Crippen LogP contribution in [0.25, 0.3) is 0 Å². The Hall–Kier alpha value is -0.920. The number of nitrogens with one attached hydrogen (secondary N) is 3. The van der Waals surface area contributed by atoms with E-state index in [1.54, 1.807) is 12.4 Å². The van der Waals surface area contributed by atoms with Gasteiger partial charge in [-0.05, 0) is 25.9 Å². The second-order valence-electron chi connectivity index (χ2n) is 3.92. The molecular weight excluding hydrogens is 228 g/mol. The molecule has 0 aliphatic carbocycles. The minimum Gasteiger partial charge on any atom is -0.317 e. The lowest BCUT2D eigenvalue weighted by molar-refractivity contribution is 0.489. The molecule has 1 saturated heterocycles. The van der Waals surface area contributed by atoms with Crippen LogP contribution < -0.4 is 10.0 Å². The number of nitrogens with zero attached hydrogens (tertiary/aromatic N) is 1. The number of piperidine rings is 1. The zero-order valence-electron chi connectivity index (χ0n) is 8.94. The van der Waals surface area contributed by atoms with Crippen LogP contribution in [0.3, 0.4) is 0 Å². The highest BCUT2D eigenvalue weighted by Gasteiger charge is 2.26. The van der Waals surface area contributed by atoms with Gasteiger partial charge in [-0.15, -0.1) is 0 Å². The molecule has 1 aromatic rings. The van der Waals surface area contributed by atoms with Crippen LogP contribution in [0.2, 0.25) is 0 Å². The summed E-state index contributed by atoms with van der Waals surface area (Å²) in [5.74, 6) is 0. The van der Waals surface area contributed by atoms with Crippen molar-refractivity contribution in [2.45, 2.75) is 24.6 Å². The fraction of sp³-hybridized carbons (Fsp3) is 0.667. The average Bonchev–Trinajstić information content (AvgIpc) is 2.81. The second kappa shape index (κ2) is 4.94. The molecule has 1 fully saturated rings. The molecule has 0 spiro atoms. The van der Waals surface area contributed by atoms with Gasteiger partial charge < -0.3 is 5.32 Å². The molecule has 6 nitrogen and oxygen atoms in total. The van der Waals surface area contributed by atoms with Crippen molar-refractivity contribution in [1.82, 2.24) is 20.2 Å². The van der Waals surface area contributed by atoms with Gasteiger partial charge in [0.15, 0.2) is 0 Å². The van der Waals surface area contributed by atoms with E-state index in [4.69, 9.17) is 0 Å². The topological polar surface area (TPSA) is 86.9 Å². The van der Waals surface area contributed by atoms with Crippen molar-refractivity contribution in [3.63, 3.8) is 0 Å². The molecule has 2 heterocycles. The van der Waals surface area contributed by atoms with E-state index in [0.717, 1.165) is 18.7 Å². The number of sulfonamides is 1. The molecule has 3 N–H and O–H groups in total. The molecule has 7 heteroatoms. The quantitative estimate of drug-likeness (QED) is 0.671. The molecule has 90 valence electrons. The predicted molar refractivity (Wildman–Crippen MR) is 60.2 cm³/mol. The maximum atomic E-state index is 11.9. The maximum absolute atomic E-state index is 11.9. The molecule has 0 bridgehead atoms. The normalized spacial score (nSPS) is 18.8. The lowest BCUT2D eigenvalue weighted by Crippen LogP contribution is -2.41. The Bertz CT molecular complexity index is 409. The highest BCUT2D eigenvalue weighted by atomic mass is 32.2. The van der Waals surface area contributed by atoms with Crippen LogP contribution in [0.1, 0.15) is 18.4 Å². The van der Waals surface area contributed by atoms with Crippen molar-refractivity contribution < 1.29 is 8.42 Å². The maximum Gasteiger partial charge on any atom is 0.214 e. The molecular formula is C9H16N4O2S. The Morgan fingerprint density at radius 1 is 1.44 bits per heavy atom. The highest BCUT2D eigenvalue weighted by Crippen LogP contribution is 2.12. The van der Waals surface area contributed by atoms with Gasteiger partial charge in [-0.2, -0.15) is 5.10 Å². The summed E-state index contributed by atoms with van der Waals surface area (Å²) in [7, 11) is -3.19. The number of rotatable bonds is 4. The molecule has 1 aromatic heterocycles. The van der Waals surface area contributed by atoms with Gasteiger partial charge in [0.2, 0.25) is 10.0 Å². The molecule has 2 rings (SSSR count). The molecule has 0 unspecified atom stereocenters. The van der Waals surface area contributed by atoms with Crippen molar-refractivity contribution in [2.24, 2.45) is 0 Å². The largest absolute Gasteiger partial charge is 0.317 e. The Balaban J connectivity index is 1.91. The van der Waals surface area contributed by atoms with Crippen LogP contribution in [0.5, 0.6) is 0 Å². The lowest BCUT2D eigenvalue weighted by Gasteiger charge is -2.22. The van der Waals surface area contributed by atoms with Crippen LogP contribution in [-0.4, -0.2) is 37.0 Å². The Morgan fingerprint density at radius 2 is 2.19 bits per heavy atom. The fourth-order valence-electron chi connectivity index (χ4n) is 1.78. The number of H-pyrrole nitrogens is 1. The Morgan fingerprint density at radius 3 is 2.81 bits per heavy atom. The van der Waals surface area contributed by atoms with E-state index >= 15 is 0 Å². The SMILES string of the molecule is O=S(=O)(NCc1cn[nH]c1)C1CCNCC1. The van der Waals surface area contributed by atoms with E-state index in [1.807, 2.05) is 0 Å². The third-order valence-corrected chi connectivity index (χ3v) is 4.65. The van der Waals surface area contributed by atoms with Gasteiger partial charge in [0, 0.05) is 18.3 Å². The summed E-state index contributed by atoms with van der Waals surface area (Å²) in [4.78, 5) is 0. The molecule has 0 atom stereocenters. The standard InChI is InChI=1S/C9H16N4O2S/c14-16(15,9-1-3-10-4-2-9)13-7-8-5-11-12-6-8/h5-6,9-10,13H,1-4,7H2,(H,11,12). The van der Waals surface area contributed by atoms with E-state index in [-0.39, 0.29) is 5.25 Å². The van der Waals surface area contributed by atoms with Crippen LogP contribution in [0.4, 0.5) is 0 Å². The summed E-state index contributed by atoms with van der Waals surface area (Å²) in [6.45, 7) is 1.86. The second-order valence-corrected chi connectivity index (χ2v) is 5.97. The number of aromatic nitrogens is 2. The van der Waals surface area contributed by atoms with Gasteiger partial charge in [0.05, 0.1) is 11.4 Å². The van der Waals surface area contributed by atoms with Crippen molar-refractivity contribution in [2.75, 3.05) is 13.1 Å². The summed E-state index contributed by atoms with van der Waals surface area (Å²) >= 11 is 0. The van der Waals surface area contributed by atoms with Gasteiger partial charge >= 0.3 is 0 Å². The van der Waals surface area contributed by atoms with Gasteiger partial charge in [-0.25, -0.2) is 13.1 Å². The molecule has 1 aliphatic heterocycles. The molecule has 16 heavy (non-hydrogen) atoms. The summed E-state index contributed by atoms with van der Waals surface area (Å²) in [6.07, 6.45) is 4.66. The smallest absolute Gasteiger partial charge is 0.214 e. The van der Waals surface area contributed by atoms with E-state index in [9.17, 15) is 8.42 Å². The molecule has 0 radical (unpaired) electrons. The van der Waals surface area contributed by atoms with Crippen LogP contribution in [-0.2, 0) is 16.6 Å². The monoisotopic (exact) mass is 244 g/mol. The predicted octanol–water partition coefficient (Wildman–Crippen LogP) is -0.419. The Labute approximate surface area is 94.9 Å². The average molecular weight is 244 g/mol. The first-order chi connectivity index (χ1) is 7.68. The first kappa shape index (κ1) is 11.6. The fourth-order valence-corrected chi connectivity index (χ4v) is 3.24. The van der Waals surface area contributed by atoms with E-state index < -0.39 is 10.0 Å². The molecule has 0 amide bonds. The van der Waals surface area contributed by atoms with Crippen LogP contribution in [0.15, 0.2) is 12.4 Å². The van der Waals surface area contributed by atoms with Crippen LogP contribution >= 0.6 is 0 Å². The summed E-state index contributed by atoms with van der Waals surface area (Å²) in [5.41, 5.74) is 0.845. The molecule has 1 aliphatic rings. The van der Waals surface area contributed by atoms with E-state index in [0.29, 0.717) is 19.4 Å². The number of hydrogen-bond acceptors (Lipinski definition) is 4. The minimum absolute atomic E-state index is 0.263. The number of hydrogen-bond donors (Lipinski definition) is 3. The lowest BCUT2D eigenvalue weighted by atomic mass is 10.2. The zero-order valence-corrected chi connectivity index (χ0v) is 9.76. The van der Waals surface area contributed by atoms with Gasteiger partial charge in [0.25, 0.3) is 0 Å². The van der Waals surface area contributed by atoms with Crippen molar-refractivity contribution in [3.8, 4) is 0 Å². The third-order valence-electron chi connectivity index (χ3n) is 2.76. The van der Waals surface area contributed by atoms with Gasteiger partial charge in [-0.3, -0.25) is 5.10 Å². The first-order valence-corrected chi connectivity index (χ1v) is 6.90. The molecule has 0 saturated carbocycles. The first-order valence-electron chi connectivity index (χ1n) is 5.35. The van der Waals surface area contributed by atoms with Gasteiger partial charge in [0.1, 0.15) is 0 Å². The third kappa shape index (κ3) is 2.81. The molecule has 0 aromatic carbocycles. The minimum atomic E-state index is -3.19. The highest BCUT2D eigenvalue weighted by molar-refractivity contribution is 7.90. The van der Waals surface area contributed by atoms with Gasteiger partial charge in [-0.1, -0.05) is 0 Å². The zero-order chi connectivity index (χ0) is 11.4. The van der Waals surface area contributed by atoms with Crippen molar-refractivity contribution in [3.05, 3.63) is 18.0 Å². The summed E-state index contributed by atoms with van der Waals surface area (Å²) in [5, 5.41) is 9.30. The van der Waals surface area contributed by atoms with Crippen LogP contribution in [0, 0.1) is 0 Å². The van der Waals surface area contributed by atoms with E-state index in [1.165, 1.54) is 0 Å². The number of aromatic amines is 1. The van der Waals surface area contributed by atoms with E-state index in [2.05, 4.69) is 20.2 Å². The Kier molecular flexibility index (Phi) is 3.57. The summed E-state index contributed by atoms with van der Waals surface area (Å²) < 4.78 is 26.4. The summed E-state index contributed by atoms with van der Waals surface area (Å²) in [6, 6.07) is 0. The van der Waals surface area contributed by atoms with Crippen molar-refractivity contribution in [1.29, 1.82) is 0 Å². The van der Waals surface area contributed by atoms with Crippen molar-refractivity contribution >= 4 is 10.0 Å².